The van der Waals surface area contributed by atoms with Gasteiger partial charge in [-0.05, 0) is 18.2 Å². The quantitative estimate of drug-likeness (QED) is 0.243. The number of aromatic hydroxyl groups is 3. The van der Waals surface area contributed by atoms with Crippen LogP contribution < -0.4 is 14.9 Å². The predicted molar refractivity (Wildman–Crippen MR) is 123 cm³/mol. The molecule has 1 aliphatic rings. The van der Waals surface area contributed by atoms with Crippen LogP contribution in [0.4, 0.5) is 0 Å². The summed E-state index contributed by atoms with van der Waals surface area (Å²) in [6.45, 7) is 0.303. The molecule has 0 radical (unpaired) electrons. The number of carbonyl (C=O) groups excluding carboxylic acids is 1. The zero-order valence-electron chi connectivity index (χ0n) is 19.5. The summed E-state index contributed by atoms with van der Waals surface area (Å²) < 4.78 is 26.8. The summed E-state index contributed by atoms with van der Waals surface area (Å²) in [5.41, 5.74) is -1.04. The molecule has 3 aromatic rings. The second-order valence-electron chi connectivity index (χ2n) is 8.21. The van der Waals surface area contributed by atoms with E-state index in [1.54, 1.807) is 0 Å². The van der Waals surface area contributed by atoms with Crippen LogP contribution >= 0.6 is 0 Å². The van der Waals surface area contributed by atoms with Crippen molar-refractivity contribution in [1.82, 2.24) is 0 Å². The first-order chi connectivity index (χ1) is 17.5. The normalized spacial score (nSPS) is 23.5. The summed E-state index contributed by atoms with van der Waals surface area (Å²) in [7, 11) is 1.29. The van der Waals surface area contributed by atoms with E-state index in [2.05, 4.69) is 0 Å². The van der Waals surface area contributed by atoms with Gasteiger partial charge in [-0.25, -0.2) is 0 Å². The van der Waals surface area contributed by atoms with E-state index in [4.69, 9.17) is 23.4 Å². The fourth-order valence-electron chi connectivity index (χ4n) is 3.97. The molecule has 198 valence electrons. The molecule has 0 saturated carbocycles. The summed E-state index contributed by atoms with van der Waals surface area (Å²) in [6.07, 6.45) is -8.25. The molecule has 13 heteroatoms. The van der Waals surface area contributed by atoms with Gasteiger partial charge in [0.15, 0.2) is 29.5 Å². The highest BCUT2D eigenvalue weighted by Gasteiger charge is 2.48. The van der Waals surface area contributed by atoms with E-state index in [1.807, 2.05) is 0 Å². The van der Waals surface area contributed by atoms with E-state index < -0.39 is 66.0 Å². The maximum atomic E-state index is 13.5. The van der Waals surface area contributed by atoms with Crippen molar-refractivity contribution in [3.05, 3.63) is 40.6 Å². The van der Waals surface area contributed by atoms with E-state index in [-0.39, 0.29) is 33.8 Å². The van der Waals surface area contributed by atoms with Crippen LogP contribution in [0.15, 0.2) is 39.5 Å². The smallest absolute Gasteiger partial charge is 0.305 e. The molecule has 0 aliphatic carbocycles. The van der Waals surface area contributed by atoms with Crippen molar-refractivity contribution in [3.63, 3.8) is 0 Å². The minimum Gasteiger partial charge on any atom is -0.508 e. The standard InChI is InChI=1S/C24H24O13/c1-9(26)34-24-20(32)22(18(30)16(8-25)36-24)37-23-19(31)17-13(29)6-11(27)7-15(17)35-21(23)10-3-4-12(28)14(5-10)33-2/h3-7,16,18,20,22,24-25,27-30,32H,8H2,1-2H3/t16-,18-,20-,22+,24-/m1/s1. The van der Waals surface area contributed by atoms with Gasteiger partial charge in [-0.2, -0.15) is 0 Å². The first kappa shape index (κ1) is 26.0. The monoisotopic (exact) mass is 520 g/mol. The third-order valence-corrected chi connectivity index (χ3v) is 5.72. The average Bonchev–Trinajstić information content (AvgIpc) is 2.84. The van der Waals surface area contributed by atoms with Gasteiger partial charge >= 0.3 is 5.97 Å². The van der Waals surface area contributed by atoms with Crippen LogP contribution in [-0.4, -0.2) is 81.0 Å². The second-order valence-corrected chi connectivity index (χ2v) is 8.21. The summed E-state index contributed by atoms with van der Waals surface area (Å²) in [5, 5.41) is 60.9. The molecule has 1 aliphatic heterocycles. The molecule has 0 unspecified atom stereocenters. The lowest BCUT2D eigenvalue weighted by Gasteiger charge is -2.41. The topological polar surface area (TPSA) is 206 Å². The Morgan fingerprint density at radius 2 is 1.78 bits per heavy atom. The van der Waals surface area contributed by atoms with Gasteiger partial charge in [0.1, 0.15) is 34.7 Å². The van der Waals surface area contributed by atoms with Crippen LogP contribution in [0, 0.1) is 0 Å². The van der Waals surface area contributed by atoms with Gasteiger partial charge in [-0.1, -0.05) is 0 Å². The molecule has 6 N–H and O–H groups in total. The molecule has 0 bridgehead atoms. The molecule has 1 aromatic heterocycles. The van der Waals surface area contributed by atoms with E-state index in [0.717, 1.165) is 19.1 Å². The number of esters is 1. The zero-order valence-corrected chi connectivity index (χ0v) is 19.5. The maximum Gasteiger partial charge on any atom is 0.305 e. The van der Waals surface area contributed by atoms with E-state index in [9.17, 15) is 40.2 Å². The molecule has 13 nitrogen and oxygen atoms in total. The highest BCUT2D eigenvalue weighted by atomic mass is 16.7. The first-order valence-corrected chi connectivity index (χ1v) is 10.9. The Kier molecular flexibility index (Phi) is 7.14. The molecule has 0 spiro atoms. The maximum absolute atomic E-state index is 13.5. The van der Waals surface area contributed by atoms with Gasteiger partial charge < -0.3 is 54.0 Å². The lowest BCUT2D eigenvalue weighted by atomic mass is 9.98. The Balaban J connectivity index is 1.92. The molecule has 1 fully saturated rings. The lowest BCUT2D eigenvalue weighted by Crippen LogP contribution is -2.61. The summed E-state index contributed by atoms with van der Waals surface area (Å²) in [5.74, 6) is -2.96. The van der Waals surface area contributed by atoms with Crippen molar-refractivity contribution in [1.29, 1.82) is 0 Å². The summed E-state index contributed by atoms with van der Waals surface area (Å²) in [4.78, 5) is 25.0. The Labute approximate surface area is 208 Å². The average molecular weight is 520 g/mol. The number of ether oxygens (including phenoxy) is 4. The van der Waals surface area contributed by atoms with Crippen LogP contribution in [0.1, 0.15) is 6.92 Å². The van der Waals surface area contributed by atoms with Crippen LogP contribution in [0.2, 0.25) is 0 Å². The van der Waals surface area contributed by atoms with Gasteiger partial charge in [0.25, 0.3) is 0 Å². The molecule has 2 heterocycles. The first-order valence-electron chi connectivity index (χ1n) is 10.9. The fraction of sp³-hybridized carbons (Fsp3) is 0.333. The van der Waals surface area contributed by atoms with Crippen molar-refractivity contribution in [2.24, 2.45) is 0 Å². The van der Waals surface area contributed by atoms with Crippen LogP contribution in [0.3, 0.4) is 0 Å². The number of carbonyl (C=O) groups is 1. The molecule has 0 amide bonds. The zero-order chi connectivity index (χ0) is 27.0. The predicted octanol–water partition coefficient (Wildman–Crippen LogP) is 0.335. The number of hydrogen-bond donors (Lipinski definition) is 6. The number of phenolic OH excluding ortho intramolecular Hbond substituents is 3. The molecule has 1 saturated heterocycles. The third kappa shape index (κ3) is 4.84. The molecule has 4 rings (SSSR count). The number of aliphatic hydroxyl groups is 3. The number of phenols is 3. The highest BCUT2D eigenvalue weighted by molar-refractivity contribution is 5.88. The Hall–Kier alpha value is -4.04. The van der Waals surface area contributed by atoms with Crippen LogP contribution in [-0.2, 0) is 14.3 Å². The van der Waals surface area contributed by atoms with E-state index >= 15 is 0 Å². The lowest BCUT2D eigenvalue weighted by molar-refractivity contribution is -0.287. The highest BCUT2D eigenvalue weighted by Crippen LogP contribution is 2.39. The number of methoxy groups -OCH3 is 1. The Morgan fingerprint density at radius 1 is 1.05 bits per heavy atom. The van der Waals surface area contributed by atoms with Crippen LogP contribution in [0.25, 0.3) is 22.3 Å². The Bertz CT molecular complexity index is 1380. The Morgan fingerprint density at radius 3 is 2.43 bits per heavy atom. The van der Waals surface area contributed by atoms with Gasteiger partial charge in [0.05, 0.1) is 13.7 Å². The summed E-state index contributed by atoms with van der Waals surface area (Å²) in [6, 6.07) is 5.90. The van der Waals surface area contributed by atoms with E-state index in [0.29, 0.717) is 0 Å². The largest absolute Gasteiger partial charge is 0.508 e. The number of rotatable bonds is 6. The molecular formula is C24H24O13. The van der Waals surface area contributed by atoms with Gasteiger partial charge in [0, 0.05) is 24.6 Å². The van der Waals surface area contributed by atoms with Crippen LogP contribution in [0.5, 0.6) is 28.7 Å². The van der Waals surface area contributed by atoms with Crippen molar-refractivity contribution in [3.8, 4) is 40.1 Å². The number of fused-ring (bicyclic) bond motifs is 1. The second kappa shape index (κ2) is 10.1. The van der Waals surface area contributed by atoms with Gasteiger partial charge in [0.2, 0.25) is 17.5 Å². The number of hydrogen-bond acceptors (Lipinski definition) is 13. The molecule has 37 heavy (non-hydrogen) atoms. The SMILES string of the molecule is COc1cc(-c2oc3cc(O)cc(O)c3c(=O)c2O[C@@H]2[C@@H](O)[C@H](OC(C)=O)O[C@H](CO)[C@H]2O)ccc1O. The molecular weight excluding hydrogens is 496 g/mol. The van der Waals surface area contributed by atoms with E-state index in [1.165, 1.54) is 25.3 Å². The molecule has 2 aromatic carbocycles. The molecule has 5 atom stereocenters. The van der Waals surface area contributed by atoms with Gasteiger partial charge in [-0.15, -0.1) is 0 Å². The third-order valence-electron chi connectivity index (χ3n) is 5.72. The minimum atomic E-state index is -1.83. The van der Waals surface area contributed by atoms with Crippen molar-refractivity contribution >= 4 is 16.9 Å². The van der Waals surface area contributed by atoms with Crippen molar-refractivity contribution in [2.45, 2.75) is 37.6 Å². The minimum absolute atomic E-state index is 0.00588. The van der Waals surface area contributed by atoms with Gasteiger partial charge in [-0.3, -0.25) is 9.59 Å². The number of benzene rings is 2. The number of aliphatic hydroxyl groups excluding tert-OH is 3. The fourth-order valence-corrected chi connectivity index (χ4v) is 3.97. The summed E-state index contributed by atoms with van der Waals surface area (Å²) >= 11 is 0. The van der Waals surface area contributed by atoms with Crippen molar-refractivity contribution in [2.75, 3.05) is 13.7 Å². The van der Waals surface area contributed by atoms with Crippen molar-refractivity contribution < 1.29 is 58.8 Å².